The normalized spacial score (nSPS) is 39.2. The largest absolute Gasteiger partial charge is 0.354 e. The monoisotopic (exact) mass is 153 g/mol. The number of hydrogen-bond acceptors (Lipinski definition) is 3. The third kappa shape index (κ3) is 0.845. The number of piperidine rings is 1. The average molecular weight is 153 g/mol. The first kappa shape index (κ1) is 6.47. The Morgan fingerprint density at radius 2 is 2.64 bits per heavy atom. The third-order valence-electron chi connectivity index (χ3n) is 2.53. The molecule has 1 aliphatic heterocycles. The molecule has 0 spiro atoms. The van der Waals surface area contributed by atoms with E-state index in [9.17, 15) is 4.79 Å². The molecule has 1 heterocycles. The topological polar surface area (TPSA) is 56.1 Å². The quantitative estimate of drug-likeness (QED) is 0.431. The van der Waals surface area contributed by atoms with Gasteiger partial charge in [-0.15, -0.1) is 0 Å². The van der Waals surface area contributed by atoms with Gasteiger partial charge in [-0.25, -0.2) is 0 Å². The number of nitrogens with one attached hydrogen (secondary N) is 1. The second-order valence-corrected chi connectivity index (χ2v) is 3.11. The fraction of sp³-hybridized carbons (Fsp3) is 0.714. The average Bonchev–Trinajstić information content (AvgIpc) is 2.72. The molecule has 2 aliphatic rings. The minimum absolute atomic E-state index is 0. The molecule has 3 atom stereocenters. The predicted octanol–water partition coefficient (Wildman–Crippen LogP) is -0.468. The zero-order chi connectivity index (χ0) is 7.84. The van der Waals surface area contributed by atoms with Gasteiger partial charge >= 0.3 is 0 Å². The van der Waals surface area contributed by atoms with Gasteiger partial charge in [-0.2, -0.15) is 5.26 Å². The summed E-state index contributed by atoms with van der Waals surface area (Å²) in [5.74, 6) is 0.542. The van der Waals surface area contributed by atoms with Crippen molar-refractivity contribution in [3.63, 3.8) is 0 Å². The van der Waals surface area contributed by atoms with E-state index < -0.39 is 0 Å². The zero-order valence-corrected chi connectivity index (χ0v) is 6.03. The molecule has 1 saturated carbocycles. The second-order valence-electron chi connectivity index (χ2n) is 3.11. The fourth-order valence-corrected chi connectivity index (χ4v) is 1.85. The molecule has 2 rings (SSSR count). The number of likely N-dealkylation sites (tertiary alicyclic amines) is 1. The number of carbonyl (C=O) groups is 1. The van der Waals surface area contributed by atoms with E-state index in [4.69, 9.17) is 5.26 Å². The number of nitriles is 1. The van der Waals surface area contributed by atoms with Crippen LogP contribution in [0.15, 0.2) is 0 Å². The number of amides is 1. The van der Waals surface area contributed by atoms with Crippen LogP contribution in [0, 0.1) is 17.4 Å². The molecule has 11 heavy (non-hydrogen) atoms. The van der Waals surface area contributed by atoms with E-state index in [1.807, 2.05) is 0 Å². The Morgan fingerprint density at radius 1 is 1.82 bits per heavy atom. The molecule has 1 aliphatic carbocycles. The number of hydrogen-bond donors (Lipinski definition) is 1. The van der Waals surface area contributed by atoms with E-state index in [2.05, 4.69) is 11.5 Å². The van der Waals surface area contributed by atoms with E-state index in [1.54, 1.807) is 4.90 Å². The molecule has 0 radical (unpaired) electrons. The summed E-state index contributed by atoms with van der Waals surface area (Å²) in [6, 6.07) is 0.648. The highest BCUT2D eigenvalue weighted by molar-refractivity contribution is 5.47. The maximum Gasteiger partial charge on any atom is 0.207 e. The third-order valence-corrected chi connectivity index (χ3v) is 2.53. The van der Waals surface area contributed by atoms with Gasteiger partial charge in [0.05, 0.1) is 6.04 Å². The highest BCUT2D eigenvalue weighted by Crippen LogP contribution is 2.43. The Hall–Kier alpha value is -1.24. The summed E-state index contributed by atoms with van der Waals surface area (Å²) in [7, 11) is 0. The molecule has 1 N–H and O–H groups in total. The van der Waals surface area contributed by atoms with Gasteiger partial charge in [0.25, 0.3) is 0 Å². The highest BCUT2D eigenvalue weighted by Gasteiger charge is 2.53. The Kier molecular flexibility index (Phi) is 1.25. The highest BCUT2D eigenvalue weighted by atomic mass is 16.1. The predicted molar refractivity (Wildman–Crippen MR) is 39.3 cm³/mol. The molecule has 1 saturated heterocycles. The van der Waals surface area contributed by atoms with Crippen molar-refractivity contribution in [3.8, 4) is 6.19 Å². The lowest BCUT2D eigenvalue weighted by molar-refractivity contribution is -0.110. The molecule has 0 bridgehead atoms. The van der Waals surface area contributed by atoms with Crippen LogP contribution in [0.1, 0.15) is 7.85 Å². The van der Waals surface area contributed by atoms with Crippen molar-refractivity contribution in [3.05, 3.63) is 0 Å². The van der Waals surface area contributed by atoms with E-state index in [-0.39, 0.29) is 7.47 Å². The van der Waals surface area contributed by atoms with Gasteiger partial charge in [0.2, 0.25) is 6.41 Å². The summed E-state index contributed by atoms with van der Waals surface area (Å²) >= 11 is 0. The van der Waals surface area contributed by atoms with Crippen LogP contribution in [0.4, 0.5) is 0 Å². The van der Waals surface area contributed by atoms with Gasteiger partial charge in [-0.3, -0.25) is 4.79 Å². The van der Waals surface area contributed by atoms with Gasteiger partial charge in [0.15, 0.2) is 6.19 Å². The van der Waals surface area contributed by atoms with Gasteiger partial charge in [0.1, 0.15) is 0 Å². The maximum atomic E-state index is 10.1. The van der Waals surface area contributed by atoms with Crippen LogP contribution >= 0.6 is 0 Å². The Bertz CT molecular complexity index is 227. The van der Waals surface area contributed by atoms with Gasteiger partial charge in [-0.1, -0.05) is 0 Å². The molecule has 1 amide bonds. The lowest BCUT2D eigenvalue weighted by Crippen LogP contribution is -2.34. The van der Waals surface area contributed by atoms with Crippen LogP contribution in [-0.4, -0.2) is 29.9 Å². The summed E-state index contributed by atoms with van der Waals surface area (Å²) in [6.07, 6.45) is 3.91. The minimum atomic E-state index is 0. The smallest absolute Gasteiger partial charge is 0.207 e. The number of rotatable bonds is 2. The Morgan fingerprint density at radius 3 is 3.18 bits per heavy atom. The van der Waals surface area contributed by atoms with E-state index >= 15 is 0 Å². The number of nitrogens with zero attached hydrogens (tertiary/aromatic N) is 2. The molecule has 0 aromatic carbocycles. The molecule has 2 fully saturated rings. The van der Waals surface area contributed by atoms with Crippen molar-refractivity contribution in [1.29, 1.82) is 5.26 Å². The summed E-state index contributed by atoms with van der Waals surface area (Å²) < 4.78 is 0. The Balaban J connectivity index is 0.000000720. The second kappa shape index (κ2) is 2.12. The summed E-state index contributed by atoms with van der Waals surface area (Å²) in [4.78, 5) is 11.9. The lowest BCUT2D eigenvalue weighted by Gasteiger charge is -2.12. The number of fused-ring (bicyclic) bond motifs is 1. The maximum absolute atomic E-state index is 10.1. The first-order valence-corrected chi connectivity index (χ1v) is 3.73. The molecule has 0 aromatic heterocycles. The van der Waals surface area contributed by atoms with Crippen molar-refractivity contribution in [2.45, 2.75) is 18.5 Å². The lowest BCUT2D eigenvalue weighted by atomic mass is 10.2. The van der Waals surface area contributed by atoms with Crippen molar-refractivity contribution in [2.24, 2.45) is 5.92 Å². The molecular weight excluding hydrogens is 142 g/mol. The first-order chi connectivity index (χ1) is 5.36. The first-order valence-electron chi connectivity index (χ1n) is 3.73. The molecular formula is C7H11N3O. The summed E-state index contributed by atoms with van der Waals surface area (Å²) in [5, 5.41) is 11.3. The van der Waals surface area contributed by atoms with Gasteiger partial charge < -0.3 is 10.2 Å². The van der Waals surface area contributed by atoms with Crippen molar-refractivity contribution < 1.29 is 6.22 Å². The van der Waals surface area contributed by atoms with Gasteiger partial charge in [0, 0.05) is 19.9 Å². The molecule has 3 unspecified atom stereocenters. The van der Waals surface area contributed by atoms with Crippen LogP contribution in [0.25, 0.3) is 0 Å². The van der Waals surface area contributed by atoms with Crippen LogP contribution in [0.3, 0.4) is 0 Å². The molecule has 0 aromatic rings. The van der Waals surface area contributed by atoms with Crippen LogP contribution < -0.4 is 5.32 Å². The summed E-state index contributed by atoms with van der Waals surface area (Å²) in [5.41, 5.74) is 0. The van der Waals surface area contributed by atoms with Crippen LogP contribution in [0.2, 0.25) is 0 Å². The summed E-state index contributed by atoms with van der Waals surface area (Å²) in [6.45, 7) is 0.699. The number of carbonyl (C=O) groups excluding carboxylic acids is 1. The van der Waals surface area contributed by atoms with Crippen molar-refractivity contribution >= 4 is 6.41 Å². The Labute approximate surface area is 66.3 Å². The van der Waals surface area contributed by atoms with E-state index in [0.717, 1.165) is 12.8 Å². The van der Waals surface area contributed by atoms with Crippen molar-refractivity contribution in [2.75, 3.05) is 6.54 Å². The van der Waals surface area contributed by atoms with E-state index in [0.29, 0.717) is 18.5 Å². The minimum Gasteiger partial charge on any atom is -0.354 e. The van der Waals surface area contributed by atoms with Crippen LogP contribution in [-0.2, 0) is 4.79 Å². The van der Waals surface area contributed by atoms with Gasteiger partial charge in [-0.05, 0) is 6.42 Å². The van der Waals surface area contributed by atoms with E-state index in [1.165, 1.54) is 0 Å². The fourth-order valence-electron chi connectivity index (χ4n) is 1.85. The SMILES string of the molecule is N#CN1CC(NC=O)C2CC21.[HH]. The standard InChI is InChI=1S/C7H9N3O.H2/c8-3-10-2-6(9-4-11)5-1-7(5)10;/h4-7H,1-2H2,(H,9,11);1H. The van der Waals surface area contributed by atoms with Crippen molar-refractivity contribution in [1.82, 2.24) is 10.2 Å². The van der Waals surface area contributed by atoms with Crippen LogP contribution in [0.5, 0.6) is 0 Å². The molecule has 4 nitrogen and oxygen atoms in total. The molecule has 4 heteroatoms. The molecule has 60 valence electrons. The zero-order valence-electron chi connectivity index (χ0n) is 6.03.